The molecule has 4 heteroatoms. The summed E-state index contributed by atoms with van der Waals surface area (Å²) in [6, 6.07) is 8.22. The molecule has 0 amide bonds. The Morgan fingerprint density at radius 3 is 2.60 bits per heavy atom. The van der Waals surface area contributed by atoms with Gasteiger partial charge in [0, 0.05) is 5.92 Å². The number of nitrogens with one attached hydrogen (secondary N) is 1. The summed E-state index contributed by atoms with van der Waals surface area (Å²) in [6.45, 7) is 9.14. The van der Waals surface area contributed by atoms with Crippen LogP contribution in [-0.4, -0.2) is 18.8 Å². The van der Waals surface area contributed by atoms with E-state index in [1.165, 1.54) is 0 Å². The normalized spacial score (nSPS) is 31.2. The van der Waals surface area contributed by atoms with Crippen molar-refractivity contribution in [2.24, 2.45) is 17.7 Å². The van der Waals surface area contributed by atoms with Crippen LogP contribution in [0.1, 0.15) is 39.3 Å². The molecule has 5 unspecified atom stereocenters. The summed E-state index contributed by atoms with van der Waals surface area (Å²) < 4.78 is 11.5. The highest BCUT2D eigenvalue weighted by molar-refractivity contribution is 5.31. The van der Waals surface area contributed by atoms with Gasteiger partial charge in [0.1, 0.15) is 5.75 Å². The fraction of sp³-hybridized carbons (Fsp3) is 0.625. The second-order valence-electron chi connectivity index (χ2n) is 5.63. The van der Waals surface area contributed by atoms with Gasteiger partial charge in [-0.05, 0) is 44.4 Å². The van der Waals surface area contributed by atoms with Crippen LogP contribution in [0.25, 0.3) is 0 Å². The topological polar surface area (TPSA) is 56.5 Å². The number of hydrogen-bond acceptors (Lipinski definition) is 4. The van der Waals surface area contributed by atoms with Gasteiger partial charge >= 0.3 is 0 Å². The Hall–Kier alpha value is -1.10. The molecule has 4 nitrogen and oxygen atoms in total. The molecule has 0 bridgehead atoms. The third kappa shape index (κ3) is 2.97. The highest BCUT2D eigenvalue weighted by atomic mass is 16.5. The maximum absolute atomic E-state index is 5.94. The molecule has 2 rings (SSSR count). The number of hydrazine groups is 1. The van der Waals surface area contributed by atoms with E-state index < -0.39 is 0 Å². The third-order valence-electron chi connectivity index (χ3n) is 4.41. The molecule has 0 saturated carbocycles. The standard InChI is InChI=1S/C16H26N2O2/c1-5-19-14-8-6-7-13(9-14)16(18-17)15-10(2)11(3)20-12(15)4/h6-12,15-16,18H,5,17H2,1-4H3. The second-order valence-corrected chi connectivity index (χ2v) is 5.63. The van der Waals surface area contributed by atoms with Crippen LogP contribution in [-0.2, 0) is 4.74 Å². The summed E-state index contributed by atoms with van der Waals surface area (Å²) in [7, 11) is 0. The number of ether oxygens (including phenoxy) is 2. The highest BCUT2D eigenvalue weighted by Crippen LogP contribution is 2.40. The molecule has 1 heterocycles. The molecule has 1 aliphatic rings. The molecule has 112 valence electrons. The van der Waals surface area contributed by atoms with Crippen molar-refractivity contribution in [3.05, 3.63) is 29.8 Å². The minimum Gasteiger partial charge on any atom is -0.494 e. The van der Waals surface area contributed by atoms with Crippen molar-refractivity contribution < 1.29 is 9.47 Å². The van der Waals surface area contributed by atoms with E-state index >= 15 is 0 Å². The number of benzene rings is 1. The summed E-state index contributed by atoms with van der Waals surface area (Å²) >= 11 is 0. The lowest BCUT2D eigenvalue weighted by Gasteiger charge is -2.29. The van der Waals surface area contributed by atoms with Crippen LogP contribution < -0.4 is 16.0 Å². The Labute approximate surface area is 121 Å². The minimum atomic E-state index is 0.0744. The lowest BCUT2D eigenvalue weighted by atomic mass is 9.81. The zero-order chi connectivity index (χ0) is 14.7. The van der Waals surface area contributed by atoms with Crippen LogP contribution in [0.4, 0.5) is 0 Å². The SMILES string of the molecule is CCOc1cccc(C(NN)C2C(C)OC(C)C2C)c1. The van der Waals surface area contributed by atoms with Crippen molar-refractivity contribution in [2.45, 2.75) is 45.9 Å². The van der Waals surface area contributed by atoms with Gasteiger partial charge < -0.3 is 9.47 Å². The lowest BCUT2D eigenvalue weighted by Crippen LogP contribution is -2.38. The summed E-state index contributed by atoms with van der Waals surface area (Å²) in [5, 5.41) is 0. The van der Waals surface area contributed by atoms with Crippen LogP contribution >= 0.6 is 0 Å². The van der Waals surface area contributed by atoms with E-state index in [9.17, 15) is 0 Å². The molecule has 1 saturated heterocycles. The van der Waals surface area contributed by atoms with Gasteiger partial charge in [0.15, 0.2) is 0 Å². The molecule has 0 aromatic heterocycles. The predicted octanol–water partition coefficient (Wildman–Crippen LogP) is 2.65. The van der Waals surface area contributed by atoms with Gasteiger partial charge in [-0.1, -0.05) is 19.1 Å². The minimum absolute atomic E-state index is 0.0744. The average Bonchev–Trinajstić information content (AvgIpc) is 2.67. The van der Waals surface area contributed by atoms with Gasteiger partial charge in [0.05, 0.1) is 24.9 Å². The number of hydrogen-bond donors (Lipinski definition) is 2. The van der Waals surface area contributed by atoms with Crippen molar-refractivity contribution in [3.63, 3.8) is 0 Å². The van der Waals surface area contributed by atoms with Crippen LogP contribution in [0.3, 0.4) is 0 Å². The monoisotopic (exact) mass is 278 g/mol. The van der Waals surface area contributed by atoms with Gasteiger partial charge in [-0.3, -0.25) is 11.3 Å². The van der Waals surface area contributed by atoms with Gasteiger partial charge in [0.2, 0.25) is 0 Å². The molecule has 1 fully saturated rings. The average molecular weight is 278 g/mol. The van der Waals surface area contributed by atoms with Crippen LogP contribution in [0.15, 0.2) is 24.3 Å². The van der Waals surface area contributed by atoms with Crippen LogP contribution in [0.2, 0.25) is 0 Å². The van der Waals surface area contributed by atoms with Gasteiger partial charge in [0.25, 0.3) is 0 Å². The molecular formula is C16H26N2O2. The molecule has 0 aliphatic carbocycles. The largest absolute Gasteiger partial charge is 0.494 e. The Balaban J connectivity index is 2.25. The van der Waals surface area contributed by atoms with E-state index in [0.29, 0.717) is 18.4 Å². The highest BCUT2D eigenvalue weighted by Gasteiger charge is 2.41. The number of rotatable bonds is 5. The molecule has 1 aliphatic heterocycles. The second kappa shape index (κ2) is 6.57. The fourth-order valence-corrected chi connectivity index (χ4v) is 3.26. The summed E-state index contributed by atoms with van der Waals surface area (Å²) in [4.78, 5) is 0. The summed E-state index contributed by atoms with van der Waals surface area (Å²) in [5.41, 5.74) is 4.13. The zero-order valence-electron chi connectivity index (χ0n) is 12.8. The van der Waals surface area contributed by atoms with E-state index in [1.807, 2.05) is 19.1 Å². The first-order chi connectivity index (χ1) is 9.58. The zero-order valence-corrected chi connectivity index (χ0v) is 12.8. The predicted molar refractivity (Wildman–Crippen MR) is 80.3 cm³/mol. The van der Waals surface area contributed by atoms with Gasteiger partial charge in [-0.2, -0.15) is 0 Å². The van der Waals surface area contributed by atoms with Gasteiger partial charge in [-0.25, -0.2) is 0 Å². The molecular weight excluding hydrogens is 252 g/mol. The maximum Gasteiger partial charge on any atom is 0.119 e. The molecule has 0 radical (unpaired) electrons. The van der Waals surface area contributed by atoms with E-state index in [4.69, 9.17) is 15.3 Å². The first-order valence-electron chi connectivity index (χ1n) is 7.42. The maximum atomic E-state index is 5.94. The third-order valence-corrected chi connectivity index (χ3v) is 4.41. The van der Waals surface area contributed by atoms with Crippen molar-refractivity contribution in [3.8, 4) is 5.75 Å². The number of nitrogens with two attached hydrogens (primary N) is 1. The Bertz CT molecular complexity index is 438. The lowest BCUT2D eigenvalue weighted by molar-refractivity contribution is 0.0475. The molecule has 1 aromatic rings. The first-order valence-corrected chi connectivity index (χ1v) is 7.42. The van der Waals surface area contributed by atoms with E-state index in [1.54, 1.807) is 0 Å². The Morgan fingerprint density at radius 1 is 1.30 bits per heavy atom. The molecule has 20 heavy (non-hydrogen) atoms. The van der Waals surface area contributed by atoms with E-state index in [0.717, 1.165) is 11.3 Å². The van der Waals surface area contributed by atoms with Crippen LogP contribution in [0.5, 0.6) is 5.75 Å². The quantitative estimate of drug-likeness (QED) is 0.642. The van der Waals surface area contributed by atoms with Crippen molar-refractivity contribution in [1.29, 1.82) is 0 Å². The fourth-order valence-electron chi connectivity index (χ4n) is 3.26. The molecule has 3 N–H and O–H groups in total. The van der Waals surface area contributed by atoms with Gasteiger partial charge in [-0.15, -0.1) is 0 Å². The molecule has 0 spiro atoms. The van der Waals surface area contributed by atoms with Crippen molar-refractivity contribution >= 4 is 0 Å². The Kier molecular flexibility index (Phi) is 5.02. The smallest absolute Gasteiger partial charge is 0.119 e. The Morgan fingerprint density at radius 2 is 2.05 bits per heavy atom. The van der Waals surface area contributed by atoms with E-state index in [2.05, 4.69) is 38.3 Å². The first kappa shape index (κ1) is 15.3. The summed E-state index contributed by atoms with van der Waals surface area (Å²) in [5.74, 6) is 7.53. The summed E-state index contributed by atoms with van der Waals surface area (Å²) in [6.07, 6.45) is 0.456. The van der Waals surface area contributed by atoms with Crippen molar-refractivity contribution in [1.82, 2.24) is 5.43 Å². The molecule has 5 atom stereocenters. The van der Waals surface area contributed by atoms with Crippen LogP contribution in [0, 0.1) is 11.8 Å². The molecule has 1 aromatic carbocycles. The van der Waals surface area contributed by atoms with Crippen molar-refractivity contribution in [2.75, 3.05) is 6.61 Å². The van der Waals surface area contributed by atoms with E-state index in [-0.39, 0.29) is 18.2 Å².